The molecule has 1 aliphatic heterocycles. The number of likely N-dealkylation sites (tertiary alicyclic amines) is 1. The van der Waals surface area contributed by atoms with Gasteiger partial charge in [-0.25, -0.2) is 4.39 Å². The van der Waals surface area contributed by atoms with Crippen molar-refractivity contribution < 1.29 is 23.6 Å². The molecule has 1 aliphatic rings. The fraction of sp³-hybridized carbons (Fsp3) is 0.375. The number of hydrogen-bond donors (Lipinski definition) is 1. The molecule has 0 aliphatic carbocycles. The van der Waals surface area contributed by atoms with Gasteiger partial charge >= 0.3 is 0 Å². The van der Waals surface area contributed by atoms with Gasteiger partial charge in [-0.3, -0.25) is 9.69 Å². The number of β-amino-alcohol motifs (C(OH)–C–C–N with tert-alkyl or cyclic N) is 1. The number of halogens is 1. The van der Waals surface area contributed by atoms with Crippen molar-refractivity contribution in [3.8, 4) is 17.1 Å². The van der Waals surface area contributed by atoms with Crippen LogP contribution in [0.25, 0.3) is 11.4 Å². The minimum absolute atomic E-state index is 0.000497. The molecule has 1 fully saturated rings. The lowest BCUT2D eigenvalue weighted by Gasteiger charge is -2.32. The monoisotopic (exact) mass is 439 g/mol. The van der Waals surface area contributed by atoms with Crippen LogP contribution in [0.3, 0.4) is 0 Å². The van der Waals surface area contributed by atoms with Gasteiger partial charge in [-0.1, -0.05) is 17.3 Å². The number of ketones is 1. The summed E-state index contributed by atoms with van der Waals surface area (Å²) in [5.74, 6) is 1.24. The molecule has 1 aromatic heterocycles. The maximum absolute atomic E-state index is 13.5. The number of carbonyl (C=O) groups is 1. The largest absolute Gasteiger partial charge is 0.491 e. The average molecular weight is 439 g/mol. The Morgan fingerprint density at radius 2 is 2.12 bits per heavy atom. The Balaban J connectivity index is 1.29. The number of benzene rings is 2. The molecule has 0 saturated carbocycles. The van der Waals surface area contributed by atoms with Gasteiger partial charge in [-0.15, -0.1) is 0 Å². The third-order valence-corrected chi connectivity index (χ3v) is 5.55. The molecule has 0 amide bonds. The van der Waals surface area contributed by atoms with Gasteiger partial charge in [-0.2, -0.15) is 4.98 Å². The number of piperidine rings is 1. The molecule has 0 bridgehead atoms. The van der Waals surface area contributed by atoms with Gasteiger partial charge in [0.1, 0.15) is 24.3 Å². The van der Waals surface area contributed by atoms with E-state index in [1.807, 2.05) is 0 Å². The molecular weight excluding hydrogens is 413 g/mol. The van der Waals surface area contributed by atoms with E-state index in [2.05, 4.69) is 15.0 Å². The minimum Gasteiger partial charge on any atom is -0.491 e. The highest BCUT2D eigenvalue weighted by Gasteiger charge is 2.27. The Kier molecular flexibility index (Phi) is 6.92. The molecule has 168 valence electrons. The third-order valence-electron chi connectivity index (χ3n) is 5.55. The molecule has 2 heterocycles. The zero-order valence-corrected chi connectivity index (χ0v) is 17.9. The number of aliphatic hydroxyl groups is 1. The summed E-state index contributed by atoms with van der Waals surface area (Å²) in [5.41, 5.74) is 1.20. The second-order valence-corrected chi connectivity index (χ2v) is 8.11. The number of aliphatic hydroxyl groups excluding tert-OH is 1. The number of carbonyl (C=O) groups excluding carboxylic acids is 1. The van der Waals surface area contributed by atoms with Crippen molar-refractivity contribution >= 4 is 5.78 Å². The molecule has 2 unspecified atom stereocenters. The van der Waals surface area contributed by atoms with Crippen molar-refractivity contribution in [1.82, 2.24) is 15.0 Å². The van der Waals surface area contributed by atoms with Crippen LogP contribution in [0.4, 0.5) is 4.39 Å². The molecule has 32 heavy (non-hydrogen) atoms. The summed E-state index contributed by atoms with van der Waals surface area (Å²) >= 11 is 0. The molecule has 3 aromatic rings. The fourth-order valence-electron chi connectivity index (χ4n) is 3.90. The first-order chi connectivity index (χ1) is 15.5. The van der Waals surface area contributed by atoms with Crippen LogP contribution < -0.4 is 4.74 Å². The van der Waals surface area contributed by atoms with Crippen LogP contribution in [0.2, 0.25) is 0 Å². The highest BCUT2D eigenvalue weighted by Crippen LogP contribution is 2.28. The highest BCUT2D eigenvalue weighted by molar-refractivity contribution is 5.94. The summed E-state index contributed by atoms with van der Waals surface area (Å²) in [6, 6.07) is 13.0. The normalized spacial score (nSPS) is 17.8. The SMILES string of the molecule is CC(=O)c1ccc(OCC(O)CN2CCCC(c3nc(-c4cccc(F)c4)no3)C2)cc1. The van der Waals surface area contributed by atoms with Gasteiger partial charge in [0, 0.05) is 24.2 Å². The Hall–Kier alpha value is -3.10. The molecule has 0 spiro atoms. The number of rotatable bonds is 8. The smallest absolute Gasteiger partial charge is 0.231 e. The fourth-order valence-corrected chi connectivity index (χ4v) is 3.90. The lowest BCUT2D eigenvalue weighted by atomic mass is 9.97. The molecule has 0 radical (unpaired) electrons. The van der Waals surface area contributed by atoms with E-state index in [4.69, 9.17) is 9.26 Å². The lowest BCUT2D eigenvalue weighted by Crippen LogP contribution is -2.41. The highest BCUT2D eigenvalue weighted by atomic mass is 19.1. The number of aromatic nitrogens is 2. The molecule has 1 saturated heterocycles. The second kappa shape index (κ2) is 10.0. The van der Waals surface area contributed by atoms with Crippen molar-refractivity contribution in [3.63, 3.8) is 0 Å². The quantitative estimate of drug-likeness (QED) is 0.536. The predicted molar refractivity (Wildman–Crippen MR) is 116 cm³/mol. The average Bonchev–Trinajstić information content (AvgIpc) is 3.29. The Morgan fingerprint density at radius 3 is 2.88 bits per heavy atom. The number of nitrogens with zero attached hydrogens (tertiary/aromatic N) is 3. The van der Waals surface area contributed by atoms with Gasteiger partial charge in [0.2, 0.25) is 11.7 Å². The zero-order chi connectivity index (χ0) is 22.5. The van der Waals surface area contributed by atoms with E-state index < -0.39 is 6.10 Å². The molecule has 2 aromatic carbocycles. The molecule has 1 N–H and O–H groups in total. The number of Topliss-reactive ketones (excluding diaryl/α,β-unsaturated/α-hetero) is 1. The predicted octanol–water partition coefficient (Wildman–Crippen LogP) is 3.70. The third kappa shape index (κ3) is 5.57. The van der Waals surface area contributed by atoms with E-state index in [1.165, 1.54) is 19.1 Å². The van der Waals surface area contributed by atoms with Crippen molar-refractivity contribution in [1.29, 1.82) is 0 Å². The van der Waals surface area contributed by atoms with Gasteiger partial charge < -0.3 is 14.4 Å². The lowest BCUT2D eigenvalue weighted by molar-refractivity contribution is 0.0561. The van der Waals surface area contributed by atoms with Crippen molar-refractivity contribution in [3.05, 3.63) is 65.8 Å². The molecule has 8 heteroatoms. The van der Waals surface area contributed by atoms with Crippen LogP contribution in [0.1, 0.15) is 41.9 Å². The summed E-state index contributed by atoms with van der Waals surface area (Å²) in [7, 11) is 0. The van der Waals surface area contributed by atoms with Crippen LogP contribution >= 0.6 is 0 Å². The van der Waals surface area contributed by atoms with Crippen LogP contribution in [0.5, 0.6) is 5.75 Å². The summed E-state index contributed by atoms with van der Waals surface area (Å²) in [4.78, 5) is 18.0. The Morgan fingerprint density at radius 1 is 1.31 bits per heavy atom. The summed E-state index contributed by atoms with van der Waals surface area (Å²) < 4.78 is 24.6. The summed E-state index contributed by atoms with van der Waals surface area (Å²) in [6.07, 6.45) is 1.20. The Labute approximate surface area is 185 Å². The van der Waals surface area contributed by atoms with Gasteiger partial charge in [0.15, 0.2) is 5.78 Å². The van der Waals surface area contributed by atoms with E-state index >= 15 is 0 Å². The maximum atomic E-state index is 13.5. The summed E-state index contributed by atoms with van der Waals surface area (Å²) in [6.45, 7) is 3.70. The van der Waals surface area contributed by atoms with E-state index in [1.54, 1.807) is 36.4 Å². The first-order valence-electron chi connectivity index (χ1n) is 10.7. The van der Waals surface area contributed by atoms with Crippen LogP contribution in [-0.2, 0) is 0 Å². The minimum atomic E-state index is -0.660. The first-order valence-corrected chi connectivity index (χ1v) is 10.7. The summed E-state index contributed by atoms with van der Waals surface area (Å²) in [5, 5.41) is 14.4. The first kappa shape index (κ1) is 22.1. The number of hydrogen-bond acceptors (Lipinski definition) is 7. The van der Waals surface area contributed by atoms with Crippen LogP contribution in [-0.4, -0.2) is 58.3 Å². The standard InChI is InChI=1S/C24H26FN3O4/c1-16(29)17-7-9-22(10-8-17)31-15-21(30)14-28-11-3-5-19(13-28)24-26-23(27-32-24)18-4-2-6-20(25)12-18/h2,4,6-10,12,19,21,30H,3,5,11,13-15H2,1H3. The van der Waals surface area contributed by atoms with E-state index in [0.29, 0.717) is 41.7 Å². The van der Waals surface area contributed by atoms with Gasteiger partial charge in [0.05, 0.1) is 5.92 Å². The van der Waals surface area contributed by atoms with Crippen LogP contribution in [0, 0.1) is 5.82 Å². The number of ether oxygens (including phenoxy) is 1. The van der Waals surface area contributed by atoms with E-state index in [0.717, 1.165) is 19.4 Å². The maximum Gasteiger partial charge on any atom is 0.231 e. The van der Waals surface area contributed by atoms with Crippen molar-refractivity contribution in [2.45, 2.75) is 31.8 Å². The van der Waals surface area contributed by atoms with Crippen LogP contribution in [0.15, 0.2) is 53.1 Å². The van der Waals surface area contributed by atoms with E-state index in [-0.39, 0.29) is 24.1 Å². The topological polar surface area (TPSA) is 88.7 Å². The zero-order valence-electron chi connectivity index (χ0n) is 17.9. The van der Waals surface area contributed by atoms with Crippen molar-refractivity contribution in [2.24, 2.45) is 0 Å². The van der Waals surface area contributed by atoms with Crippen molar-refractivity contribution in [2.75, 3.05) is 26.2 Å². The molecule has 2 atom stereocenters. The molecular formula is C24H26FN3O4. The van der Waals surface area contributed by atoms with Gasteiger partial charge in [-0.05, 0) is 62.7 Å². The molecule has 7 nitrogen and oxygen atoms in total. The molecule has 4 rings (SSSR count). The van der Waals surface area contributed by atoms with Gasteiger partial charge in [0.25, 0.3) is 0 Å². The Bertz CT molecular complexity index is 1050. The van der Waals surface area contributed by atoms with E-state index in [9.17, 15) is 14.3 Å². The second-order valence-electron chi connectivity index (χ2n) is 8.11.